The van der Waals surface area contributed by atoms with Crippen LogP contribution in [0.4, 0.5) is 0 Å². The molecule has 2 rings (SSSR count). The third-order valence-corrected chi connectivity index (χ3v) is 3.61. The highest BCUT2D eigenvalue weighted by molar-refractivity contribution is 7.13. The van der Waals surface area contributed by atoms with E-state index in [0.29, 0.717) is 18.0 Å². The molecule has 0 bridgehead atoms. The number of aliphatic carboxylic acids is 1. The molecule has 1 N–H and O–H groups in total. The number of aryl methyl sites for hydroxylation is 1. The first kappa shape index (κ1) is 12.1. The number of hydrogen-bond acceptors (Lipinski definition) is 4. The predicted octanol–water partition coefficient (Wildman–Crippen LogP) is 0.982. The lowest BCUT2D eigenvalue weighted by atomic mass is 10.2. The van der Waals surface area contributed by atoms with Crippen LogP contribution < -0.4 is 0 Å². The van der Waals surface area contributed by atoms with Crippen molar-refractivity contribution in [1.29, 1.82) is 0 Å². The van der Waals surface area contributed by atoms with Gasteiger partial charge in [0.15, 0.2) is 6.04 Å². The van der Waals surface area contributed by atoms with Gasteiger partial charge in [0.05, 0.1) is 18.1 Å². The molecule has 0 aromatic carbocycles. The molecule has 0 spiro atoms. The van der Waals surface area contributed by atoms with E-state index in [1.807, 2.05) is 13.0 Å². The van der Waals surface area contributed by atoms with Crippen molar-refractivity contribution in [2.45, 2.75) is 13.0 Å². The largest absolute Gasteiger partial charge is 0.480 e. The van der Waals surface area contributed by atoms with E-state index in [9.17, 15) is 9.59 Å². The van der Waals surface area contributed by atoms with E-state index in [-0.39, 0.29) is 12.5 Å². The van der Waals surface area contributed by atoms with E-state index in [4.69, 9.17) is 9.84 Å². The van der Waals surface area contributed by atoms with Gasteiger partial charge in [-0.25, -0.2) is 4.79 Å². The second-order valence-electron chi connectivity index (χ2n) is 3.84. The van der Waals surface area contributed by atoms with Gasteiger partial charge in [0.25, 0.3) is 5.91 Å². The lowest BCUT2D eigenvalue weighted by Gasteiger charge is -2.32. The predicted molar refractivity (Wildman–Crippen MR) is 62.3 cm³/mol. The van der Waals surface area contributed by atoms with Gasteiger partial charge in [0.2, 0.25) is 0 Å². The number of hydrogen-bond donors (Lipinski definition) is 1. The van der Waals surface area contributed by atoms with Crippen molar-refractivity contribution >= 4 is 23.2 Å². The number of carbonyl (C=O) groups excluding carboxylic acids is 1. The van der Waals surface area contributed by atoms with Gasteiger partial charge in [0.1, 0.15) is 0 Å². The monoisotopic (exact) mass is 255 g/mol. The van der Waals surface area contributed by atoms with Crippen LogP contribution in [0.25, 0.3) is 0 Å². The molecule has 1 amide bonds. The third kappa shape index (κ3) is 2.48. The molecule has 1 aliphatic rings. The molecule has 1 aliphatic heterocycles. The van der Waals surface area contributed by atoms with Crippen molar-refractivity contribution in [3.63, 3.8) is 0 Å². The molecule has 1 atom stereocenters. The molecular weight excluding hydrogens is 242 g/mol. The zero-order chi connectivity index (χ0) is 12.4. The lowest BCUT2D eigenvalue weighted by molar-refractivity contribution is -0.147. The molecule has 92 valence electrons. The smallest absolute Gasteiger partial charge is 0.328 e. The summed E-state index contributed by atoms with van der Waals surface area (Å²) in [6.07, 6.45) is 0. The van der Waals surface area contributed by atoms with Crippen molar-refractivity contribution in [2.75, 3.05) is 19.8 Å². The van der Waals surface area contributed by atoms with Crippen LogP contribution in [-0.2, 0) is 9.53 Å². The number of carboxylic acid groups (broad SMARTS) is 1. The van der Waals surface area contributed by atoms with Crippen molar-refractivity contribution in [2.24, 2.45) is 0 Å². The van der Waals surface area contributed by atoms with E-state index in [1.165, 1.54) is 16.2 Å². The van der Waals surface area contributed by atoms with Crippen molar-refractivity contribution in [3.05, 3.63) is 21.9 Å². The minimum absolute atomic E-state index is 0.0609. The van der Waals surface area contributed by atoms with Crippen LogP contribution >= 0.6 is 11.3 Å². The summed E-state index contributed by atoms with van der Waals surface area (Å²) in [6.45, 7) is 2.69. The fourth-order valence-electron chi connectivity index (χ4n) is 1.74. The number of carboxylic acids is 1. The van der Waals surface area contributed by atoms with Crippen molar-refractivity contribution in [3.8, 4) is 0 Å². The maximum absolute atomic E-state index is 12.1. The van der Waals surface area contributed by atoms with Gasteiger partial charge in [-0.05, 0) is 19.1 Å². The quantitative estimate of drug-likeness (QED) is 0.855. The fraction of sp³-hybridized carbons (Fsp3) is 0.455. The number of carbonyl (C=O) groups is 2. The Hall–Kier alpha value is -1.40. The second kappa shape index (κ2) is 4.85. The first-order chi connectivity index (χ1) is 8.09. The standard InChI is InChI=1S/C11H13NO4S/c1-7-2-3-9(17-7)10(13)12-4-5-16-6-8(12)11(14)15/h2-3,8H,4-6H2,1H3,(H,14,15)/t8-/m0/s1. The topological polar surface area (TPSA) is 66.8 Å². The Labute approximate surface area is 103 Å². The molecule has 1 fully saturated rings. The summed E-state index contributed by atoms with van der Waals surface area (Å²) in [7, 11) is 0. The summed E-state index contributed by atoms with van der Waals surface area (Å²) in [4.78, 5) is 26.2. The molecule has 1 saturated heterocycles. The van der Waals surface area contributed by atoms with E-state index < -0.39 is 12.0 Å². The van der Waals surface area contributed by atoms with Gasteiger partial charge >= 0.3 is 5.97 Å². The number of ether oxygens (including phenoxy) is 1. The van der Waals surface area contributed by atoms with E-state index in [0.717, 1.165) is 4.88 Å². The van der Waals surface area contributed by atoms with Crippen LogP contribution in [-0.4, -0.2) is 47.7 Å². The first-order valence-electron chi connectivity index (χ1n) is 5.27. The number of thiophene rings is 1. The molecule has 2 heterocycles. The molecule has 0 radical (unpaired) electrons. The second-order valence-corrected chi connectivity index (χ2v) is 5.13. The van der Waals surface area contributed by atoms with Crippen LogP contribution in [0.2, 0.25) is 0 Å². The Kier molecular flexibility index (Phi) is 3.44. The van der Waals surface area contributed by atoms with Crippen LogP contribution in [0.3, 0.4) is 0 Å². The molecular formula is C11H13NO4S. The number of morpholine rings is 1. The third-order valence-electron chi connectivity index (χ3n) is 2.63. The fourth-order valence-corrected chi connectivity index (χ4v) is 2.57. The lowest BCUT2D eigenvalue weighted by Crippen LogP contribution is -2.52. The Bertz CT molecular complexity index is 442. The Morgan fingerprint density at radius 3 is 2.88 bits per heavy atom. The zero-order valence-corrected chi connectivity index (χ0v) is 10.2. The number of nitrogens with zero attached hydrogens (tertiary/aromatic N) is 1. The van der Waals surface area contributed by atoms with Gasteiger partial charge < -0.3 is 14.7 Å². The highest BCUT2D eigenvalue weighted by Crippen LogP contribution is 2.19. The number of rotatable bonds is 2. The highest BCUT2D eigenvalue weighted by atomic mass is 32.1. The van der Waals surface area contributed by atoms with Gasteiger partial charge in [-0.15, -0.1) is 11.3 Å². The summed E-state index contributed by atoms with van der Waals surface area (Å²) < 4.78 is 5.09. The van der Waals surface area contributed by atoms with Gasteiger partial charge in [-0.3, -0.25) is 4.79 Å². The van der Waals surface area contributed by atoms with Gasteiger partial charge in [-0.1, -0.05) is 0 Å². The molecule has 0 unspecified atom stereocenters. The first-order valence-corrected chi connectivity index (χ1v) is 6.09. The summed E-state index contributed by atoms with van der Waals surface area (Å²) in [6, 6.07) is 2.71. The molecule has 5 nitrogen and oxygen atoms in total. The summed E-state index contributed by atoms with van der Waals surface area (Å²) >= 11 is 1.38. The Morgan fingerprint density at radius 2 is 2.29 bits per heavy atom. The molecule has 17 heavy (non-hydrogen) atoms. The van der Waals surface area contributed by atoms with Gasteiger partial charge in [0, 0.05) is 11.4 Å². The normalized spacial score (nSPS) is 20.3. The summed E-state index contributed by atoms with van der Waals surface area (Å²) in [5.41, 5.74) is 0. The van der Waals surface area contributed by atoms with Crippen molar-refractivity contribution < 1.29 is 19.4 Å². The average molecular weight is 255 g/mol. The van der Waals surface area contributed by atoms with Crippen LogP contribution in [0.15, 0.2) is 12.1 Å². The molecule has 0 aliphatic carbocycles. The van der Waals surface area contributed by atoms with Crippen LogP contribution in [0.5, 0.6) is 0 Å². The molecule has 1 aromatic rings. The summed E-state index contributed by atoms with van der Waals surface area (Å²) in [5.74, 6) is -1.25. The maximum atomic E-state index is 12.1. The van der Waals surface area contributed by atoms with E-state index in [2.05, 4.69) is 0 Å². The minimum Gasteiger partial charge on any atom is -0.480 e. The van der Waals surface area contributed by atoms with Crippen LogP contribution in [0, 0.1) is 6.92 Å². The molecule has 6 heteroatoms. The maximum Gasteiger partial charge on any atom is 0.328 e. The van der Waals surface area contributed by atoms with E-state index >= 15 is 0 Å². The SMILES string of the molecule is Cc1ccc(C(=O)N2CCOC[C@H]2C(=O)O)s1. The average Bonchev–Trinajstić information content (AvgIpc) is 2.75. The van der Waals surface area contributed by atoms with Gasteiger partial charge in [-0.2, -0.15) is 0 Å². The number of amides is 1. The molecule has 0 saturated carbocycles. The van der Waals surface area contributed by atoms with E-state index in [1.54, 1.807) is 6.07 Å². The molecule has 1 aromatic heterocycles. The summed E-state index contributed by atoms with van der Waals surface area (Å²) in [5, 5.41) is 9.04. The Balaban J connectivity index is 2.19. The van der Waals surface area contributed by atoms with Crippen LogP contribution in [0.1, 0.15) is 14.5 Å². The highest BCUT2D eigenvalue weighted by Gasteiger charge is 2.33. The minimum atomic E-state index is -1.02. The Morgan fingerprint density at radius 1 is 1.53 bits per heavy atom. The van der Waals surface area contributed by atoms with Crippen molar-refractivity contribution in [1.82, 2.24) is 4.90 Å². The zero-order valence-electron chi connectivity index (χ0n) is 9.38.